The molecule has 0 saturated carbocycles. The number of carboxylic acid groups (broad SMARTS) is 1. The number of hydrogen-bond donors (Lipinski definition) is 4. The lowest BCUT2D eigenvalue weighted by atomic mass is 10.7. The SMILES string of the molecule is O=C(O)CS.OCCOCCOCCO. The molecule has 0 aromatic rings. The minimum absolute atomic E-state index is 0.0417. The Kier molecular flexibility index (Phi) is 18.3. The summed E-state index contributed by atoms with van der Waals surface area (Å²) >= 11 is 3.42. The summed E-state index contributed by atoms with van der Waals surface area (Å²) in [6.45, 7) is 1.73. The number of ether oxygens (including phenoxy) is 2. The highest BCUT2D eigenvalue weighted by Gasteiger charge is 1.86. The Morgan fingerprint density at radius 3 is 1.53 bits per heavy atom. The number of rotatable bonds is 8. The molecule has 0 saturated heterocycles. The van der Waals surface area contributed by atoms with E-state index in [-0.39, 0.29) is 19.0 Å². The number of hydrogen-bond acceptors (Lipinski definition) is 6. The van der Waals surface area contributed by atoms with Crippen LogP contribution in [0.1, 0.15) is 0 Å². The van der Waals surface area contributed by atoms with Crippen molar-refractivity contribution in [3.05, 3.63) is 0 Å². The van der Waals surface area contributed by atoms with Crippen molar-refractivity contribution in [3.63, 3.8) is 0 Å². The van der Waals surface area contributed by atoms with Crippen LogP contribution in [0.25, 0.3) is 0 Å². The van der Waals surface area contributed by atoms with Gasteiger partial charge in [-0.05, 0) is 0 Å². The highest BCUT2D eigenvalue weighted by Crippen LogP contribution is 1.76. The van der Waals surface area contributed by atoms with Crippen LogP contribution in [0.15, 0.2) is 0 Å². The van der Waals surface area contributed by atoms with Crippen LogP contribution >= 0.6 is 12.6 Å². The fraction of sp³-hybridized carbons (Fsp3) is 0.875. The molecule has 0 atom stereocenters. The molecule has 0 bridgehead atoms. The van der Waals surface area contributed by atoms with Crippen LogP contribution in [-0.4, -0.2) is 66.7 Å². The molecule has 0 aliphatic carbocycles. The molecule has 92 valence electrons. The topological polar surface area (TPSA) is 96.2 Å². The summed E-state index contributed by atoms with van der Waals surface area (Å²) in [7, 11) is 0. The Hall–Kier alpha value is -0.340. The molecule has 0 heterocycles. The third-order valence-corrected chi connectivity index (χ3v) is 1.25. The molecule has 0 fully saturated rings. The zero-order chi connectivity index (χ0) is 11.9. The molecule has 0 spiro atoms. The van der Waals surface area contributed by atoms with Gasteiger partial charge in [-0.2, -0.15) is 12.6 Å². The van der Waals surface area contributed by atoms with Crippen molar-refractivity contribution in [2.24, 2.45) is 0 Å². The lowest BCUT2D eigenvalue weighted by Crippen LogP contribution is -2.09. The van der Waals surface area contributed by atoms with Gasteiger partial charge >= 0.3 is 5.97 Å². The van der Waals surface area contributed by atoms with Gasteiger partial charge in [0.05, 0.1) is 45.4 Å². The molecule has 0 radical (unpaired) electrons. The minimum atomic E-state index is -0.881. The molecule has 0 aliphatic rings. The Bertz CT molecular complexity index is 124. The largest absolute Gasteiger partial charge is 0.481 e. The highest BCUT2D eigenvalue weighted by atomic mass is 32.1. The first-order chi connectivity index (χ1) is 7.18. The summed E-state index contributed by atoms with van der Waals surface area (Å²) in [5.41, 5.74) is 0. The summed E-state index contributed by atoms with van der Waals surface area (Å²) in [6, 6.07) is 0. The number of thiol groups is 1. The molecule has 15 heavy (non-hydrogen) atoms. The maximum Gasteiger partial charge on any atom is 0.313 e. The molecule has 3 N–H and O–H groups in total. The first-order valence-corrected chi connectivity index (χ1v) is 5.02. The summed E-state index contributed by atoms with van der Waals surface area (Å²) in [5.74, 6) is -0.965. The van der Waals surface area contributed by atoms with Crippen LogP contribution in [0.2, 0.25) is 0 Å². The van der Waals surface area contributed by atoms with Crippen LogP contribution in [0.5, 0.6) is 0 Å². The predicted octanol–water partition coefficient (Wildman–Crippen LogP) is -0.995. The first-order valence-electron chi connectivity index (χ1n) is 4.38. The second kappa shape index (κ2) is 16.1. The van der Waals surface area contributed by atoms with Gasteiger partial charge < -0.3 is 24.8 Å². The van der Waals surface area contributed by atoms with Gasteiger partial charge in [-0.15, -0.1) is 0 Å². The Morgan fingerprint density at radius 1 is 1.00 bits per heavy atom. The zero-order valence-electron chi connectivity index (χ0n) is 8.46. The molecule has 0 rings (SSSR count). The molecule has 6 nitrogen and oxygen atoms in total. The van der Waals surface area contributed by atoms with Crippen molar-refractivity contribution >= 4 is 18.6 Å². The Morgan fingerprint density at radius 2 is 1.33 bits per heavy atom. The van der Waals surface area contributed by atoms with Gasteiger partial charge in [0.15, 0.2) is 0 Å². The van der Waals surface area contributed by atoms with Gasteiger partial charge in [-0.25, -0.2) is 0 Å². The van der Waals surface area contributed by atoms with Crippen molar-refractivity contribution in [3.8, 4) is 0 Å². The van der Waals surface area contributed by atoms with Crippen molar-refractivity contribution < 1.29 is 29.6 Å². The fourth-order valence-corrected chi connectivity index (χ4v) is 0.451. The number of carboxylic acids is 1. The number of aliphatic hydroxyl groups excluding tert-OH is 2. The lowest BCUT2D eigenvalue weighted by molar-refractivity contribution is -0.133. The molecule has 0 aromatic carbocycles. The van der Waals surface area contributed by atoms with Gasteiger partial charge in [-0.3, -0.25) is 4.79 Å². The van der Waals surface area contributed by atoms with E-state index in [4.69, 9.17) is 24.8 Å². The highest BCUT2D eigenvalue weighted by molar-refractivity contribution is 7.81. The zero-order valence-corrected chi connectivity index (χ0v) is 9.36. The van der Waals surface area contributed by atoms with E-state index >= 15 is 0 Å². The van der Waals surface area contributed by atoms with E-state index < -0.39 is 5.97 Å². The number of aliphatic hydroxyl groups is 2. The molecular formula is C8H18O6S. The van der Waals surface area contributed by atoms with E-state index in [1.165, 1.54) is 0 Å². The van der Waals surface area contributed by atoms with E-state index in [1.807, 2.05) is 0 Å². The van der Waals surface area contributed by atoms with Crippen molar-refractivity contribution in [1.29, 1.82) is 0 Å². The van der Waals surface area contributed by atoms with Gasteiger partial charge in [0.25, 0.3) is 0 Å². The average Bonchev–Trinajstić information content (AvgIpc) is 2.24. The normalized spacial score (nSPS) is 9.27. The maximum absolute atomic E-state index is 9.29. The molecule has 7 heteroatoms. The van der Waals surface area contributed by atoms with Crippen LogP contribution < -0.4 is 0 Å². The van der Waals surface area contributed by atoms with Crippen LogP contribution in [0.3, 0.4) is 0 Å². The number of carbonyl (C=O) groups is 1. The first kappa shape index (κ1) is 17.1. The smallest absolute Gasteiger partial charge is 0.313 e. The van der Waals surface area contributed by atoms with Gasteiger partial charge in [0.2, 0.25) is 0 Å². The third kappa shape index (κ3) is 24.8. The molecular weight excluding hydrogens is 224 g/mol. The minimum Gasteiger partial charge on any atom is -0.481 e. The second-order valence-corrected chi connectivity index (χ2v) is 2.54. The van der Waals surface area contributed by atoms with E-state index in [1.54, 1.807) is 0 Å². The second-order valence-electron chi connectivity index (χ2n) is 2.22. The van der Waals surface area contributed by atoms with E-state index in [2.05, 4.69) is 12.6 Å². The summed E-state index contributed by atoms with van der Waals surface area (Å²) in [4.78, 5) is 9.29. The lowest BCUT2D eigenvalue weighted by Gasteiger charge is -2.01. The molecule has 0 amide bonds. The Labute approximate surface area is 94.2 Å². The summed E-state index contributed by atoms with van der Waals surface area (Å²) in [6.07, 6.45) is 0. The van der Waals surface area contributed by atoms with E-state index in [0.29, 0.717) is 26.4 Å². The summed E-state index contributed by atoms with van der Waals surface area (Å²) in [5, 5.41) is 24.2. The predicted molar refractivity (Wildman–Crippen MR) is 57.3 cm³/mol. The monoisotopic (exact) mass is 242 g/mol. The fourth-order valence-electron chi connectivity index (χ4n) is 0.451. The van der Waals surface area contributed by atoms with Crippen LogP contribution in [-0.2, 0) is 14.3 Å². The van der Waals surface area contributed by atoms with Gasteiger partial charge in [-0.1, -0.05) is 0 Å². The molecule has 0 unspecified atom stereocenters. The molecule has 0 aromatic heterocycles. The summed E-state index contributed by atoms with van der Waals surface area (Å²) < 4.78 is 9.75. The van der Waals surface area contributed by atoms with E-state index in [0.717, 1.165) is 0 Å². The van der Waals surface area contributed by atoms with Crippen LogP contribution in [0.4, 0.5) is 0 Å². The number of aliphatic carboxylic acids is 1. The van der Waals surface area contributed by atoms with Crippen molar-refractivity contribution in [1.82, 2.24) is 0 Å². The molecule has 0 aliphatic heterocycles. The maximum atomic E-state index is 9.29. The Balaban J connectivity index is 0. The quantitative estimate of drug-likeness (QED) is 0.322. The third-order valence-electron chi connectivity index (χ3n) is 0.979. The van der Waals surface area contributed by atoms with Gasteiger partial charge in [0, 0.05) is 0 Å². The van der Waals surface area contributed by atoms with Gasteiger partial charge in [0.1, 0.15) is 0 Å². The van der Waals surface area contributed by atoms with E-state index in [9.17, 15) is 4.79 Å². The van der Waals surface area contributed by atoms with Crippen molar-refractivity contribution in [2.45, 2.75) is 0 Å². The van der Waals surface area contributed by atoms with Crippen LogP contribution in [0, 0.1) is 0 Å². The average molecular weight is 242 g/mol. The standard InChI is InChI=1S/C6H14O4.C2H4O2S/c7-1-3-9-5-6-10-4-2-8;3-2(4)1-5/h7-8H,1-6H2;5H,1H2,(H,3,4). The van der Waals surface area contributed by atoms with Crippen molar-refractivity contribution in [2.75, 3.05) is 45.4 Å².